The topological polar surface area (TPSA) is 35.5 Å². The van der Waals surface area contributed by atoms with Gasteiger partial charge in [0.25, 0.3) is 0 Å². The van der Waals surface area contributed by atoms with Crippen LogP contribution in [0, 0.1) is 11.3 Å². The predicted octanol–water partition coefficient (Wildman–Crippen LogP) is 3.91. The summed E-state index contributed by atoms with van der Waals surface area (Å²) in [6.45, 7) is 6.75. The lowest BCUT2D eigenvalue weighted by Gasteiger charge is -2.37. The van der Waals surface area contributed by atoms with Gasteiger partial charge in [0.15, 0.2) is 11.5 Å². The first-order valence-corrected chi connectivity index (χ1v) is 7.55. The summed E-state index contributed by atoms with van der Waals surface area (Å²) in [7, 11) is 0. The van der Waals surface area contributed by atoms with E-state index >= 15 is 0 Å². The zero-order chi connectivity index (χ0) is 15.0. The van der Waals surface area contributed by atoms with Crippen LogP contribution in [0.4, 0.5) is 0 Å². The van der Waals surface area contributed by atoms with E-state index in [1.807, 2.05) is 18.2 Å². The van der Waals surface area contributed by atoms with Crippen LogP contribution in [0.2, 0.25) is 0 Å². The Hall–Kier alpha value is -1.77. The van der Waals surface area contributed by atoms with Gasteiger partial charge in [0.2, 0.25) is 6.79 Å². The van der Waals surface area contributed by atoms with Crippen LogP contribution in [0.3, 0.4) is 0 Å². The van der Waals surface area contributed by atoms with Crippen LogP contribution in [0.15, 0.2) is 29.8 Å². The van der Waals surface area contributed by atoms with Crippen LogP contribution in [0.5, 0.6) is 11.5 Å². The van der Waals surface area contributed by atoms with Crippen molar-refractivity contribution in [3.8, 4) is 11.5 Å². The average Bonchev–Trinajstić information content (AvgIpc) is 2.84. The van der Waals surface area contributed by atoms with Crippen molar-refractivity contribution in [1.29, 1.82) is 0 Å². The molecule has 1 aromatic carbocycles. The summed E-state index contributed by atoms with van der Waals surface area (Å²) < 4.78 is 10.7. The Morgan fingerprint density at radius 3 is 2.81 bits per heavy atom. The van der Waals surface area contributed by atoms with Crippen molar-refractivity contribution >= 4 is 5.78 Å². The van der Waals surface area contributed by atoms with E-state index < -0.39 is 0 Å². The second-order valence-electron chi connectivity index (χ2n) is 6.74. The van der Waals surface area contributed by atoms with Crippen LogP contribution < -0.4 is 9.47 Å². The fraction of sp³-hybridized carbons (Fsp3) is 0.500. The zero-order valence-corrected chi connectivity index (χ0v) is 12.9. The summed E-state index contributed by atoms with van der Waals surface area (Å²) >= 11 is 0. The number of fused-ring (bicyclic) bond motifs is 1. The number of allylic oxidation sites excluding steroid dienone is 2. The highest BCUT2D eigenvalue weighted by atomic mass is 16.7. The lowest BCUT2D eigenvalue weighted by molar-refractivity contribution is -0.124. The molecule has 0 radical (unpaired) electrons. The molecule has 0 aromatic heterocycles. The normalized spacial score (nSPS) is 22.8. The first-order chi connectivity index (χ1) is 9.97. The third kappa shape index (κ3) is 2.69. The predicted molar refractivity (Wildman–Crippen MR) is 81.5 cm³/mol. The Morgan fingerprint density at radius 1 is 1.29 bits per heavy atom. The van der Waals surface area contributed by atoms with E-state index in [2.05, 4.69) is 26.8 Å². The van der Waals surface area contributed by atoms with Gasteiger partial charge in [-0.05, 0) is 42.9 Å². The van der Waals surface area contributed by atoms with Crippen LogP contribution in [-0.2, 0) is 11.2 Å². The molecule has 1 aromatic rings. The monoisotopic (exact) mass is 286 g/mol. The molecule has 3 nitrogen and oxygen atoms in total. The number of ketones is 1. The molecule has 0 amide bonds. The Morgan fingerprint density at radius 2 is 2.05 bits per heavy atom. The highest BCUT2D eigenvalue weighted by Gasteiger charge is 2.37. The highest BCUT2D eigenvalue weighted by Crippen LogP contribution is 2.42. The number of Topliss-reactive ketones (excluding diaryl/α,β-unsaturated/α-hetero) is 1. The third-order valence-corrected chi connectivity index (χ3v) is 4.63. The SMILES string of the molecule is CC1=CCCC(C)(C)C1C(=O)Cc1ccc2c(c1)OCO2. The standard InChI is InChI=1S/C18H22O3/c1-12-5-4-8-18(2,3)17(12)14(19)9-13-6-7-15-16(10-13)21-11-20-15/h5-7,10,17H,4,8-9,11H2,1-3H3. The smallest absolute Gasteiger partial charge is 0.231 e. The molecule has 0 fully saturated rings. The van der Waals surface area contributed by atoms with E-state index in [0.29, 0.717) is 12.2 Å². The van der Waals surface area contributed by atoms with Gasteiger partial charge in [-0.15, -0.1) is 0 Å². The average molecular weight is 286 g/mol. The maximum atomic E-state index is 12.8. The number of carbonyl (C=O) groups excluding carboxylic acids is 1. The summed E-state index contributed by atoms with van der Waals surface area (Å²) in [5, 5.41) is 0. The minimum absolute atomic E-state index is 0.0247. The second-order valence-corrected chi connectivity index (χ2v) is 6.74. The lowest BCUT2D eigenvalue weighted by Crippen LogP contribution is -2.35. The van der Waals surface area contributed by atoms with Crippen molar-refractivity contribution in [3.05, 3.63) is 35.4 Å². The fourth-order valence-electron chi connectivity index (χ4n) is 3.59. The minimum Gasteiger partial charge on any atom is -0.454 e. The maximum Gasteiger partial charge on any atom is 0.231 e. The van der Waals surface area contributed by atoms with Crippen molar-refractivity contribution in [2.75, 3.05) is 6.79 Å². The molecule has 1 atom stereocenters. The van der Waals surface area contributed by atoms with E-state index in [1.54, 1.807) is 0 Å². The van der Waals surface area contributed by atoms with Crippen LogP contribution in [-0.4, -0.2) is 12.6 Å². The molecule has 0 saturated carbocycles. The van der Waals surface area contributed by atoms with Gasteiger partial charge in [-0.2, -0.15) is 0 Å². The molecule has 0 bridgehead atoms. The molecule has 0 spiro atoms. The summed E-state index contributed by atoms with van der Waals surface area (Å²) in [6, 6.07) is 5.77. The van der Waals surface area contributed by atoms with E-state index in [4.69, 9.17) is 9.47 Å². The molecular weight excluding hydrogens is 264 g/mol. The Bertz CT molecular complexity index is 598. The van der Waals surface area contributed by atoms with Crippen LogP contribution >= 0.6 is 0 Å². The van der Waals surface area contributed by atoms with Gasteiger partial charge in [-0.3, -0.25) is 4.79 Å². The quantitative estimate of drug-likeness (QED) is 0.790. The van der Waals surface area contributed by atoms with E-state index in [0.717, 1.165) is 29.9 Å². The number of hydrogen-bond donors (Lipinski definition) is 0. The lowest BCUT2D eigenvalue weighted by atomic mass is 9.66. The number of hydrogen-bond acceptors (Lipinski definition) is 3. The summed E-state index contributed by atoms with van der Waals surface area (Å²) in [5.41, 5.74) is 2.27. The van der Waals surface area contributed by atoms with Gasteiger partial charge in [0.05, 0.1) is 0 Å². The molecule has 21 heavy (non-hydrogen) atoms. The van der Waals surface area contributed by atoms with Crippen molar-refractivity contribution in [2.45, 2.75) is 40.0 Å². The minimum atomic E-state index is 0.0247. The maximum absolute atomic E-state index is 12.8. The molecule has 1 unspecified atom stereocenters. The van der Waals surface area contributed by atoms with Gasteiger partial charge in [-0.1, -0.05) is 31.6 Å². The molecule has 3 heteroatoms. The van der Waals surface area contributed by atoms with Gasteiger partial charge in [-0.25, -0.2) is 0 Å². The largest absolute Gasteiger partial charge is 0.454 e. The third-order valence-electron chi connectivity index (χ3n) is 4.63. The Kier molecular flexibility index (Phi) is 3.52. The van der Waals surface area contributed by atoms with E-state index in [1.165, 1.54) is 5.57 Å². The number of rotatable bonds is 3. The Labute approximate surface area is 125 Å². The molecule has 1 aliphatic heterocycles. The molecular formula is C18H22O3. The molecule has 3 rings (SSSR count). The molecule has 2 aliphatic rings. The van der Waals surface area contributed by atoms with Gasteiger partial charge in [0.1, 0.15) is 5.78 Å². The number of ether oxygens (including phenoxy) is 2. The zero-order valence-electron chi connectivity index (χ0n) is 12.9. The van der Waals surface area contributed by atoms with Gasteiger partial charge in [0, 0.05) is 12.3 Å². The first-order valence-electron chi connectivity index (χ1n) is 7.55. The summed E-state index contributed by atoms with van der Waals surface area (Å²) in [6.07, 6.45) is 4.82. The van der Waals surface area contributed by atoms with Gasteiger partial charge >= 0.3 is 0 Å². The van der Waals surface area contributed by atoms with Gasteiger partial charge < -0.3 is 9.47 Å². The fourth-order valence-corrected chi connectivity index (χ4v) is 3.59. The molecule has 1 aliphatic carbocycles. The molecule has 112 valence electrons. The molecule has 0 saturated heterocycles. The highest BCUT2D eigenvalue weighted by molar-refractivity contribution is 5.86. The van der Waals surface area contributed by atoms with E-state index in [-0.39, 0.29) is 18.1 Å². The molecule has 1 heterocycles. The number of carbonyl (C=O) groups is 1. The van der Waals surface area contributed by atoms with Crippen LogP contribution in [0.1, 0.15) is 39.2 Å². The second kappa shape index (κ2) is 5.21. The number of benzene rings is 1. The first kappa shape index (κ1) is 14.2. The van der Waals surface area contributed by atoms with Crippen molar-refractivity contribution in [1.82, 2.24) is 0 Å². The van der Waals surface area contributed by atoms with Crippen molar-refractivity contribution in [2.24, 2.45) is 11.3 Å². The molecule has 0 N–H and O–H groups in total. The van der Waals surface area contributed by atoms with Crippen molar-refractivity contribution < 1.29 is 14.3 Å². The van der Waals surface area contributed by atoms with Crippen LogP contribution in [0.25, 0.3) is 0 Å². The van der Waals surface area contributed by atoms with Crippen molar-refractivity contribution in [3.63, 3.8) is 0 Å². The Balaban J connectivity index is 1.79. The summed E-state index contributed by atoms with van der Waals surface area (Å²) in [5.74, 6) is 1.83. The van der Waals surface area contributed by atoms with E-state index in [9.17, 15) is 4.79 Å². The summed E-state index contributed by atoms with van der Waals surface area (Å²) in [4.78, 5) is 12.8.